The first-order chi connectivity index (χ1) is 8.64. The van der Waals surface area contributed by atoms with E-state index in [1.54, 1.807) is 12.1 Å². The highest BCUT2D eigenvalue weighted by Crippen LogP contribution is 2.40. The smallest absolute Gasteiger partial charge is 0.126 e. The number of rotatable bonds is 4. The second-order valence-electron chi connectivity index (χ2n) is 5.81. The monoisotopic (exact) mass is 250 g/mol. The molecule has 1 aliphatic rings. The zero-order valence-corrected chi connectivity index (χ0v) is 11.4. The van der Waals surface area contributed by atoms with Crippen molar-refractivity contribution in [2.45, 2.75) is 44.9 Å². The Morgan fingerprint density at radius 1 is 1.22 bits per heavy atom. The zero-order valence-electron chi connectivity index (χ0n) is 11.4. The SMILES string of the molecule is CC(C)CCC1(c2ccccc2F)CCOCC1. The minimum Gasteiger partial charge on any atom is -0.381 e. The fourth-order valence-corrected chi connectivity index (χ4v) is 2.87. The molecule has 1 aromatic rings. The average Bonchev–Trinajstić information content (AvgIpc) is 2.38. The lowest BCUT2D eigenvalue weighted by Gasteiger charge is -2.38. The van der Waals surface area contributed by atoms with Gasteiger partial charge in [0.1, 0.15) is 5.82 Å². The van der Waals surface area contributed by atoms with E-state index in [1.807, 2.05) is 12.1 Å². The van der Waals surface area contributed by atoms with Gasteiger partial charge in [-0.15, -0.1) is 0 Å². The van der Waals surface area contributed by atoms with Crippen molar-refractivity contribution in [3.05, 3.63) is 35.6 Å². The van der Waals surface area contributed by atoms with Gasteiger partial charge in [-0.1, -0.05) is 38.5 Å². The molecule has 1 aromatic carbocycles. The Hall–Kier alpha value is -0.890. The summed E-state index contributed by atoms with van der Waals surface area (Å²) in [6.45, 7) is 5.97. The summed E-state index contributed by atoms with van der Waals surface area (Å²) in [7, 11) is 0. The minimum atomic E-state index is -0.0526. The Labute approximate surface area is 109 Å². The van der Waals surface area contributed by atoms with Gasteiger partial charge >= 0.3 is 0 Å². The van der Waals surface area contributed by atoms with E-state index < -0.39 is 0 Å². The lowest BCUT2D eigenvalue weighted by molar-refractivity contribution is 0.0435. The van der Waals surface area contributed by atoms with Crippen molar-refractivity contribution < 1.29 is 9.13 Å². The number of ether oxygens (including phenoxy) is 1. The van der Waals surface area contributed by atoms with Crippen molar-refractivity contribution in [3.63, 3.8) is 0 Å². The number of hydrogen-bond donors (Lipinski definition) is 0. The number of hydrogen-bond acceptors (Lipinski definition) is 1. The normalized spacial score (nSPS) is 19.1. The van der Waals surface area contributed by atoms with Crippen LogP contribution in [0.1, 0.15) is 45.1 Å². The molecular formula is C16H23FO. The number of halogens is 1. The van der Waals surface area contributed by atoms with Gasteiger partial charge in [0.05, 0.1) is 0 Å². The predicted molar refractivity (Wildman–Crippen MR) is 72.2 cm³/mol. The van der Waals surface area contributed by atoms with Gasteiger partial charge in [-0.05, 0) is 36.8 Å². The average molecular weight is 250 g/mol. The van der Waals surface area contributed by atoms with E-state index in [2.05, 4.69) is 13.8 Å². The van der Waals surface area contributed by atoms with Gasteiger partial charge in [0.15, 0.2) is 0 Å². The summed E-state index contributed by atoms with van der Waals surface area (Å²) >= 11 is 0. The molecule has 0 atom stereocenters. The highest BCUT2D eigenvalue weighted by atomic mass is 19.1. The molecule has 0 spiro atoms. The van der Waals surface area contributed by atoms with Gasteiger partial charge in [0.25, 0.3) is 0 Å². The van der Waals surface area contributed by atoms with E-state index >= 15 is 0 Å². The molecule has 0 amide bonds. The zero-order chi connectivity index (χ0) is 13.0. The lowest BCUT2D eigenvalue weighted by Crippen LogP contribution is -2.35. The summed E-state index contributed by atoms with van der Waals surface area (Å²) in [4.78, 5) is 0. The van der Waals surface area contributed by atoms with Gasteiger partial charge in [-0.2, -0.15) is 0 Å². The fraction of sp³-hybridized carbons (Fsp3) is 0.625. The first kappa shape index (κ1) is 13.5. The van der Waals surface area contributed by atoms with E-state index in [-0.39, 0.29) is 11.2 Å². The van der Waals surface area contributed by atoms with Crippen LogP contribution in [0, 0.1) is 11.7 Å². The van der Waals surface area contributed by atoms with Crippen molar-refractivity contribution in [1.82, 2.24) is 0 Å². The van der Waals surface area contributed by atoms with Crippen LogP contribution in [-0.4, -0.2) is 13.2 Å². The highest BCUT2D eigenvalue weighted by molar-refractivity contribution is 5.27. The molecule has 1 heterocycles. The Bertz CT molecular complexity index is 380. The van der Waals surface area contributed by atoms with Crippen LogP contribution in [0.2, 0.25) is 0 Å². The van der Waals surface area contributed by atoms with Crippen LogP contribution in [0.5, 0.6) is 0 Å². The molecule has 1 fully saturated rings. The van der Waals surface area contributed by atoms with Crippen LogP contribution in [0.15, 0.2) is 24.3 Å². The van der Waals surface area contributed by atoms with E-state index in [4.69, 9.17) is 4.74 Å². The van der Waals surface area contributed by atoms with Crippen molar-refractivity contribution in [2.24, 2.45) is 5.92 Å². The maximum Gasteiger partial charge on any atom is 0.126 e. The second-order valence-corrected chi connectivity index (χ2v) is 5.81. The third-order valence-corrected chi connectivity index (χ3v) is 4.10. The highest BCUT2D eigenvalue weighted by Gasteiger charge is 2.36. The molecular weight excluding hydrogens is 227 g/mol. The number of benzene rings is 1. The van der Waals surface area contributed by atoms with E-state index in [9.17, 15) is 4.39 Å². The topological polar surface area (TPSA) is 9.23 Å². The van der Waals surface area contributed by atoms with Gasteiger partial charge < -0.3 is 4.74 Å². The summed E-state index contributed by atoms with van der Waals surface area (Å²) in [5, 5.41) is 0. The van der Waals surface area contributed by atoms with Crippen LogP contribution in [0.25, 0.3) is 0 Å². The molecule has 0 radical (unpaired) electrons. The van der Waals surface area contributed by atoms with Gasteiger partial charge in [-0.3, -0.25) is 0 Å². The summed E-state index contributed by atoms with van der Waals surface area (Å²) in [5.74, 6) is 0.611. The van der Waals surface area contributed by atoms with Gasteiger partial charge in [0.2, 0.25) is 0 Å². The molecule has 0 saturated carbocycles. The van der Waals surface area contributed by atoms with E-state index in [0.29, 0.717) is 5.92 Å². The maximum atomic E-state index is 14.1. The van der Waals surface area contributed by atoms with Gasteiger partial charge in [0, 0.05) is 18.6 Å². The van der Waals surface area contributed by atoms with Gasteiger partial charge in [-0.25, -0.2) is 4.39 Å². The molecule has 1 nitrogen and oxygen atoms in total. The molecule has 100 valence electrons. The fourth-order valence-electron chi connectivity index (χ4n) is 2.87. The third kappa shape index (κ3) is 2.92. The standard InChI is InChI=1S/C16H23FO/c1-13(2)7-8-16(9-11-18-12-10-16)14-5-3-4-6-15(14)17/h3-6,13H,7-12H2,1-2H3. The Kier molecular flexibility index (Phi) is 4.39. The molecule has 0 aliphatic carbocycles. The molecule has 2 heteroatoms. The molecule has 0 N–H and O–H groups in total. The lowest BCUT2D eigenvalue weighted by atomic mass is 9.70. The third-order valence-electron chi connectivity index (χ3n) is 4.10. The first-order valence-electron chi connectivity index (χ1n) is 6.97. The first-order valence-corrected chi connectivity index (χ1v) is 6.97. The van der Waals surface area contributed by atoms with Crippen molar-refractivity contribution >= 4 is 0 Å². The van der Waals surface area contributed by atoms with Crippen LogP contribution in [-0.2, 0) is 10.2 Å². The second kappa shape index (κ2) is 5.83. The van der Waals surface area contributed by atoms with E-state index in [1.165, 1.54) is 0 Å². The quantitative estimate of drug-likeness (QED) is 0.773. The maximum absolute atomic E-state index is 14.1. The van der Waals surface area contributed by atoms with E-state index in [0.717, 1.165) is 44.5 Å². The Morgan fingerprint density at radius 3 is 2.50 bits per heavy atom. The summed E-state index contributed by atoms with van der Waals surface area (Å²) < 4.78 is 19.6. The van der Waals surface area contributed by atoms with Crippen molar-refractivity contribution in [1.29, 1.82) is 0 Å². The molecule has 0 unspecified atom stereocenters. The molecule has 1 aliphatic heterocycles. The van der Waals surface area contributed by atoms with Crippen LogP contribution in [0.3, 0.4) is 0 Å². The largest absolute Gasteiger partial charge is 0.381 e. The molecule has 1 saturated heterocycles. The van der Waals surface area contributed by atoms with Crippen molar-refractivity contribution in [3.8, 4) is 0 Å². The Balaban J connectivity index is 2.26. The van der Waals surface area contributed by atoms with Crippen LogP contribution < -0.4 is 0 Å². The molecule has 0 bridgehead atoms. The summed E-state index contributed by atoms with van der Waals surface area (Å²) in [5.41, 5.74) is 0.891. The summed E-state index contributed by atoms with van der Waals surface area (Å²) in [6, 6.07) is 7.27. The molecule has 2 rings (SSSR count). The predicted octanol–water partition coefficient (Wildman–Crippen LogP) is 4.31. The molecule has 18 heavy (non-hydrogen) atoms. The summed E-state index contributed by atoms with van der Waals surface area (Å²) in [6.07, 6.45) is 4.10. The van der Waals surface area contributed by atoms with Crippen LogP contribution in [0.4, 0.5) is 4.39 Å². The van der Waals surface area contributed by atoms with Crippen molar-refractivity contribution in [2.75, 3.05) is 13.2 Å². The minimum absolute atomic E-state index is 0.00609. The molecule has 0 aromatic heterocycles. The van der Waals surface area contributed by atoms with Crippen LogP contribution >= 0.6 is 0 Å². The Morgan fingerprint density at radius 2 is 1.89 bits per heavy atom.